The van der Waals surface area contributed by atoms with E-state index in [2.05, 4.69) is 31.2 Å². The number of rotatable bonds is 5. The van der Waals surface area contributed by atoms with E-state index >= 15 is 0 Å². The molecule has 0 saturated heterocycles. The zero-order valence-corrected chi connectivity index (χ0v) is 11.0. The Labute approximate surface area is 104 Å². The molecular formula is C14H24O3. The van der Waals surface area contributed by atoms with E-state index in [9.17, 15) is 0 Å². The van der Waals surface area contributed by atoms with Crippen molar-refractivity contribution in [3.05, 3.63) is 35.9 Å². The summed E-state index contributed by atoms with van der Waals surface area (Å²) in [7, 11) is 0. The molecule has 1 aromatic carbocycles. The third-order valence-electron chi connectivity index (χ3n) is 2.13. The summed E-state index contributed by atoms with van der Waals surface area (Å²) in [6.07, 6.45) is 0.527. The van der Waals surface area contributed by atoms with Crippen molar-refractivity contribution in [2.45, 2.75) is 39.4 Å². The number of aliphatic hydroxyl groups excluding tert-OH is 2. The van der Waals surface area contributed by atoms with E-state index in [4.69, 9.17) is 14.9 Å². The zero-order valence-electron chi connectivity index (χ0n) is 11.0. The number of aliphatic hydroxyl groups is 2. The fourth-order valence-electron chi connectivity index (χ4n) is 1.07. The van der Waals surface area contributed by atoms with Crippen LogP contribution in [0.3, 0.4) is 0 Å². The van der Waals surface area contributed by atoms with Crippen LogP contribution in [0.25, 0.3) is 0 Å². The van der Waals surface area contributed by atoms with E-state index in [-0.39, 0.29) is 12.7 Å². The van der Waals surface area contributed by atoms with Crippen LogP contribution in [0.15, 0.2) is 30.3 Å². The smallest absolute Gasteiger partial charge is 0.0779 e. The summed E-state index contributed by atoms with van der Waals surface area (Å²) in [6.45, 7) is 5.86. The van der Waals surface area contributed by atoms with Crippen molar-refractivity contribution in [2.75, 3.05) is 13.2 Å². The molecule has 0 heterocycles. The number of hydrogen-bond donors (Lipinski definition) is 2. The number of ether oxygens (including phenoxy) is 1. The number of benzene rings is 1. The van der Waals surface area contributed by atoms with Crippen LogP contribution in [0.1, 0.15) is 26.3 Å². The maximum atomic E-state index is 8.69. The molecule has 0 aromatic heterocycles. The highest BCUT2D eigenvalue weighted by Gasteiger charge is 2.00. The Morgan fingerprint density at radius 3 is 2.12 bits per heavy atom. The van der Waals surface area contributed by atoms with Gasteiger partial charge < -0.3 is 14.9 Å². The minimum Gasteiger partial charge on any atom is -0.394 e. The first kappa shape index (κ1) is 16.1. The molecule has 0 bridgehead atoms. The van der Waals surface area contributed by atoms with Gasteiger partial charge >= 0.3 is 0 Å². The lowest BCUT2D eigenvalue weighted by Gasteiger charge is -2.10. The molecule has 98 valence electrons. The summed E-state index contributed by atoms with van der Waals surface area (Å²) in [5.41, 5.74) is 1.41. The lowest BCUT2D eigenvalue weighted by Crippen LogP contribution is -2.19. The van der Waals surface area contributed by atoms with Crippen molar-refractivity contribution in [1.29, 1.82) is 0 Å². The molecule has 0 spiro atoms. The molecule has 1 aromatic rings. The summed E-state index contributed by atoms with van der Waals surface area (Å²) < 4.78 is 4.95. The Bertz CT molecular complexity index is 259. The molecule has 3 heteroatoms. The highest BCUT2D eigenvalue weighted by Crippen LogP contribution is 1.96. The van der Waals surface area contributed by atoms with Gasteiger partial charge in [0.2, 0.25) is 0 Å². The molecule has 3 nitrogen and oxygen atoms in total. The van der Waals surface area contributed by atoms with E-state index in [0.717, 1.165) is 6.42 Å². The first-order chi connectivity index (χ1) is 8.10. The summed E-state index contributed by atoms with van der Waals surface area (Å²) >= 11 is 0. The molecule has 17 heavy (non-hydrogen) atoms. The van der Waals surface area contributed by atoms with Gasteiger partial charge in [-0.15, -0.1) is 0 Å². The van der Waals surface area contributed by atoms with Crippen LogP contribution in [0.2, 0.25) is 0 Å². The quantitative estimate of drug-likeness (QED) is 0.827. The van der Waals surface area contributed by atoms with E-state index in [1.807, 2.05) is 6.07 Å². The van der Waals surface area contributed by atoms with Crippen LogP contribution in [0.4, 0.5) is 0 Å². The van der Waals surface area contributed by atoms with Crippen LogP contribution in [-0.2, 0) is 11.2 Å². The van der Waals surface area contributed by atoms with Crippen molar-refractivity contribution < 1.29 is 14.9 Å². The van der Waals surface area contributed by atoms with E-state index in [1.165, 1.54) is 5.56 Å². The van der Waals surface area contributed by atoms with Crippen molar-refractivity contribution in [3.8, 4) is 0 Å². The highest BCUT2D eigenvalue weighted by atomic mass is 16.5. The molecule has 2 unspecified atom stereocenters. The molecule has 0 aliphatic rings. The molecule has 0 radical (unpaired) electrons. The molecule has 2 atom stereocenters. The van der Waals surface area contributed by atoms with Gasteiger partial charge in [-0.3, -0.25) is 0 Å². The van der Waals surface area contributed by atoms with E-state index in [0.29, 0.717) is 6.61 Å². The standard InChI is InChI=1S/C8H10.C6H14O3/c1-2-8-6-4-3-5-7-8;1-5(8)4-9-6(2)3-7/h3-7H,2H2,1H3;5-8H,3-4H2,1-2H3. The maximum absolute atomic E-state index is 8.69. The summed E-state index contributed by atoms with van der Waals surface area (Å²) in [5, 5.41) is 17.1. The second kappa shape index (κ2) is 10.3. The molecule has 1 rings (SSSR count). The Kier molecular flexibility index (Phi) is 9.72. The number of hydrogen-bond acceptors (Lipinski definition) is 3. The van der Waals surface area contributed by atoms with E-state index in [1.54, 1.807) is 13.8 Å². The Morgan fingerprint density at radius 1 is 1.18 bits per heavy atom. The highest BCUT2D eigenvalue weighted by molar-refractivity contribution is 5.13. The molecule has 0 aliphatic carbocycles. The lowest BCUT2D eigenvalue weighted by atomic mass is 10.2. The SMILES string of the molecule is CC(O)COC(C)CO.CCc1ccccc1. The first-order valence-corrected chi connectivity index (χ1v) is 6.04. The summed E-state index contributed by atoms with van der Waals surface area (Å²) in [5.74, 6) is 0. The molecule has 2 N–H and O–H groups in total. The van der Waals surface area contributed by atoms with Gasteiger partial charge in [-0.1, -0.05) is 37.3 Å². The Hall–Kier alpha value is -0.900. The van der Waals surface area contributed by atoms with Gasteiger partial charge in [-0.25, -0.2) is 0 Å². The van der Waals surface area contributed by atoms with Crippen LogP contribution in [0, 0.1) is 0 Å². The van der Waals surface area contributed by atoms with Crippen LogP contribution >= 0.6 is 0 Å². The minimum atomic E-state index is -0.445. The van der Waals surface area contributed by atoms with Crippen molar-refractivity contribution in [2.24, 2.45) is 0 Å². The Morgan fingerprint density at radius 2 is 1.76 bits per heavy atom. The Balaban J connectivity index is 0.000000302. The van der Waals surface area contributed by atoms with Gasteiger partial charge in [-0.2, -0.15) is 0 Å². The summed E-state index contributed by atoms with van der Waals surface area (Å²) in [6, 6.07) is 10.5. The molecule has 0 amide bonds. The average molecular weight is 240 g/mol. The van der Waals surface area contributed by atoms with Crippen molar-refractivity contribution in [3.63, 3.8) is 0 Å². The van der Waals surface area contributed by atoms with Crippen molar-refractivity contribution >= 4 is 0 Å². The zero-order chi connectivity index (χ0) is 13.1. The topological polar surface area (TPSA) is 49.7 Å². The third-order valence-corrected chi connectivity index (χ3v) is 2.13. The second-order valence-corrected chi connectivity index (χ2v) is 4.01. The van der Waals surface area contributed by atoms with Gasteiger partial charge in [0, 0.05) is 0 Å². The van der Waals surface area contributed by atoms with Gasteiger partial charge in [-0.05, 0) is 25.8 Å². The summed E-state index contributed by atoms with van der Waals surface area (Å²) in [4.78, 5) is 0. The monoisotopic (exact) mass is 240 g/mol. The predicted molar refractivity (Wildman–Crippen MR) is 70.0 cm³/mol. The fraction of sp³-hybridized carbons (Fsp3) is 0.571. The van der Waals surface area contributed by atoms with Gasteiger partial charge in [0.05, 0.1) is 25.4 Å². The van der Waals surface area contributed by atoms with Gasteiger partial charge in [0.25, 0.3) is 0 Å². The lowest BCUT2D eigenvalue weighted by molar-refractivity contribution is -0.0177. The molecule has 0 aliphatic heterocycles. The minimum absolute atomic E-state index is 0.00667. The maximum Gasteiger partial charge on any atom is 0.0779 e. The molecule has 0 fully saturated rings. The van der Waals surface area contributed by atoms with E-state index < -0.39 is 6.10 Å². The first-order valence-electron chi connectivity index (χ1n) is 6.04. The predicted octanol–water partition coefficient (Wildman–Crippen LogP) is 2.01. The average Bonchev–Trinajstić information content (AvgIpc) is 2.37. The second-order valence-electron chi connectivity index (χ2n) is 4.01. The van der Waals surface area contributed by atoms with Crippen molar-refractivity contribution in [1.82, 2.24) is 0 Å². The largest absolute Gasteiger partial charge is 0.394 e. The van der Waals surface area contributed by atoms with Gasteiger partial charge in [0.15, 0.2) is 0 Å². The molecular weight excluding hydrogens is 216 g/mol. The molecule has 0 saturated carbocycles. The fourth-order valence-corrected chi connectivity index (χ4v) is 1.07. The van der Waals surface area contributed by atoms with Crippen LogP contribution in [-0.4, -0.2) is 35.6 Å². The van der Waals surface area contributed by atoms with Crippen LogP contribution in [0.5, 0.6) is 0 Å². The van der Waals surface area contributed by atoms with Gasteiger partial charge in [0.1, 0.15) is 0 Å². The van der Waals surface area contributed by atoms with Crippen LogP contribution < -0.4 is 0 Å². The number of aryl methyl sites for hydroxylation is 1. The normalized spacial score (nSPS) is 13.5. The third kappa shape index (κ3) is 10.00.